The normalized spacial score (nSPS) is 10.3. The SMILES string of the molecule is CCOc1ccc(OCc2cccc(C(=O)NCc3ccncc3)c2)cc1. The zero-order chi connectivity index (χ0) is 18.9. The van der Waals surface area contributed by atoms with E-state index in [4.69, 9.17) is 9.47 Å². The molecule has 0 spiro atoms. The third-order valence-corrected chi connectivity index (χ3v) is 3.93. The van der Waals surface area contributed by atoms with Crippen molar-refractivity contribution in [1.82, 2.24) is 10.3 Å². The molecule has 0 fully saturated rings. The summed E-state index contributed by atoms with van der Waals surface area (Å²) in [7, 11) is 0. The maximum atomic E-state index is 12.4. The summed E-state index contributed by atoms with van der Waals surface area (Å²) < 4.78 is 11.2. The second-order valence-corrected chi connectivity index (χ2v) is 5.93. The van der Waals surface area contributed by atoms with Gasteiger partial charge in [0.2, 0.25) is 0 Å². The van der Waals surface area contributed by atoms with Crippen LogP contribution in [0.15, 0.2) is 73.1 Å². The van der Waals surface area contributed by atoms with Gasteiger partial charge >= 0.3 is 0 Å². The summed E-state index contributed by atoms with van der Waals surface area (Å²) in [6.07, 6.45) is 3.42. The van der Waals surface area contributed by atoms with Crippen molar-refractivity contribution in [2.45, 2.75) is 20.1 Å². The second-order valence-electron chi connectivity index (χ2n) is 5.93. The number of benzene rings is 2. The largest absolute Gasteiger partial charge is 0.494 e. The molecule has 0 unspecified atom stereocenters. The summed E-state index contributed by atoms with van der Waals surface area (Å²) in [4.78, 5) is 16.3. The van der Waals surface area contributed by atoms with Crippen LogP contribution in [0.3, 0.4) is 0 Å². The highest BCUT2D eigenvalue weighted by Crippen LogP contribution is 2.19. The number of hydrogen-bond acceptors (Lipinski definition) is 4. The van der Waals surface area contributed by atoms with E-state index in [0.29, 0.717) is 25.3 Å². The van der Waals surface area contributed by atoms with Crippen molar-refractivity contribution in [1.29, 1.82) is 0 Å². The Balaban J connectivity index is 1.55. The minimum absolute atomic E-state index is 0.116. The number of amides is 1. The molecule has 1 amide bonds. The zero-order valence-electron chi connectivity index (χ0n) is 15.2. The number of carbonyl (C=O) groups is 1. The fraction of sp³-hybridized carbons (Fsp3) is 0.182. The van der Waals surface area contributed by atoms with Crippen LogP contribution in [-0.2, 0) is 13.2 Å². The molecule has 138 valence electrons. The molecule has 0 radical (unpaired) electrons. The predicted octanol–water partition coefficient (Wildman–Crippen LogP) is 3.99. The molecule has 0 saturated heterocycles. The Morgan fingerprint density at radius 2 is 1.63 bits per heavy atom. The third-order valence-electron chi connectivity index (χ3n) is 3.93. The van der Waals surface area contributed by atoms with Gasteiger partial charge < -0.3 is 14.8 Å². The monoisotopic (exact) mass is 362 g/mol. The van der Waals surface area contributed by atoms with Crippen molar-refractivity contribution in [3.63, 3.8) is 0 Å². The van der Waals surface area contributed by atoms with Gasteiger partial charge in [0.15, 0.2) is 0 Å². The van der Waals surface area contributed by atoms with Gasteiger partial charge in [0.25, 0.3) is 5.91 Å². The summed E-state index contributed by atoms with van der Waals surface area (Å²) in [5, 5.41) is 2.91. The van der Waals surface area contributed by atoms with Gasteiger partial charge in [-0.25, -0.2) is 0 Å². The molecule has 3 rings (SSSR count). The van der Waals surface area contributed by atoms with E-state index < -0.39 is 0 Å². The number of pyridine rings is 1. The Labute approximate surface area is 159 Å². The lowest BCUT2D eigenvalue weighted by atomic mass is 10.1. The van der Waals surface area contributed by atoms with Crippen LogP contribution in [0.2, 0.25) is 0 Å². The van der Waals surface area contributed by atoms with E-state index in [1.165, 1.54) is 0 Å². The molecule has 0 bridgehead atoms. The highest BCUT2D eigenvalue weighted by molar-refractivity contribution is 5.94. The van der Waals surface area contributed by atoms with Gasteiger partial charge in [-0.2, -0.15) is 0 Å². The summed E-state index contributed by atoms with van der Waals surface area (Å²) in [5.74, 6) is 1.46. The van der Waals surface area contributed by atoms with E-state index in [1.54, 1.807) is 18.5 Å². The minimum Gasteiger partial charge on any atom is -0.494 e. The third kappa shape index (κ3) is 5.57. The summed E-state index contributed by atoms with van der Waals surface area (Å²) >= 11 is 0. The van der Waals surface area contributed by atoms with E-state index in [2.05, 4.69) is 10.3 Å². The van der Waals surface area contributed by atoms with Crippen LogP contribution in [0.1, 0.15) is 28.4 Å². The first-order valence-electron chi connectivity index (χ1n) is 8.86. The Kier molecular flexibility index (Phi) is 6.41. The van der Waals surface area contributed by atoms with Gasteiger partial charge in [-0.05, 0) is 66.6 Å². The average Bonchev–Trinajstić information content (AvgIpc) is 2.73. The van der Waals surface area contributed by atoms with Crippen molar-refractivity contribution in [2.75, 3.05) is 6.61 Å². The lowest BCUT2D eigenvalue weighted by Crippen LogP contribution is -2.22. The van der Waals surface area contributed by atoms with Crippen LogP contribution >= 0.6 is 0 Å². The number of carbonyl (C=O) groups excluding carboxylic acids is 1. The summed E-state index contributed by atoms with van der Waals surface area (Å²) in [5.41, 5.74) is 2.55. The second kappa shape index (κ2) is 9.38. The fourth-order valence-electron chi connectivity index (χ4n) is 2.55. The number of hydrogen-bond donors (Lipinski definition) is 1. The molecular formula is C22H22N2O3. The van der Waals surface area contributed by atoms with Crippen LogP contribution in [0.5, 0.6) is 11.5 Å². The van der Waals surface area contributed by atoms with Gasteiger partial charge in [-0.3, -0.25) is 9.78 Å². The molecule has 0 atom stereocenters. The molecule has 1 aromatic heterocycles. The fourth-order valence-corrected chi connectivity index (χ4v) is 2.55. The molecule has 5 heteroatoms. The maximum absolute atomic E-state index is 12.4. The Morgan fingerprint density at radius 1 is 0.926 bits per heavy atom. The summed E-state index contributed by atoms with van der Waals surface area (Å²) in [6.45, 7) is 3.44. The van der Waals surface area contributed by atoms with Crippen molar-refractivity contribution in [3.05, 3.63) is 89.7 Å². The molecular weight excluding hydrogens is 340 g/mol. The van der Waals surface area contributed by atoms with Crippen molar-refractivity contribution in [2.24, 2.45) is 0 Å². The average molecular weight is 362 g/mol. The standard InChI is InChI=1S/C22H22N2O3/c1-2-26-20-6-8-21(9-7-20)27-16-18-4-3-5-19(14-18)22(25)24-15-17-10-12-23-13-11-17/h3-14H,2,15-16H2,1H3,(H,24,25). The quantitative estimate of drug-likeness (QED) is 0.658. The topological polar surface area (TPSA) is 60.5 Å². The molecule has 3 aromatic rings. The van der Waals surface area contributed by atoms with Crippen molar-refractivity contribution < 1.29 is 14.3 Å². The first-order chi connectivity index (χ1) is 13.2. The minimum atomic E-state index is -0.116. The van der Waals surface area contributed by atoms with Gasteiger partial charge in [0, 0.05) is 24.5 Å². The van der Waals surface area contributed by atoms with Crippen molar-refractivity contribution in [3.8, 4) is 11.5 Å². The lowest BCUT2D eigenvalue weighted by molar-refractivity contribution is 0.0950. The van der Waals surface area contributed by atoms with Gasteiger partial charge in [0.05, 0.1) is 6.61 Å². The number of nitrogens with zero attached hydrogens (tertiary/aromatic N) is 1. The van der Waals surface area contributed by atoms with Crippen LogP contribution < -0.4 is 14.8 Å². The van der Waals surface area contributed by atoms with Crippen molar-refractivity contribution >= 4 is 5.91 Å². The van der Waals surface area contributed by atoms with E-state index in [0.717, 1.165) is 22.6 Å². The summed E-state index contributed by atoms with van der Waals surface area (Å²) in [6, 6.07) is 18.7. The molecule has 5 nitrogen and oxygen atoms in total. The lowest BCUT2D eigenvalue weighted by Gasteiger charge is -2.09. The number of ether oxygens (including phenoxy) is 2. The van der Waals surface area contributed by atoms with Crippen LogP contribution in [0, 0.1) is 0 Å². The van der Waals surface area contributed by atoms with E-state index in [1.807, 2.05) is 61.5 Å². The maximum Gasteiger partial charge on any atom is 0.251 e. The van der Waals surface area contributed by atoms with E-state index >= 15 is 0 Å². The van der Waals surface area contributed by atoms with E-state index in [-0.39, 0.29) is 5.91 Å². The molecule has 0 aliphatic rings. The Bertz CT molecular complexity index is 864. The highest BCUT2D eigenvalue weighted by atomic mass is 16.5. The molecule has 0 aliphatic heterocycles. The molecule has 1 N–H and O–H groups in total. The number of aromatic nitrogens is 1. The van der Waals surface area contributed by atoms with E-state index in [9.17, 15) is 4.79 Å². The first-order valence-corrected chi connectivity index (χ1v) is 8.86. The first kappa shape index (κ1) is 18.5. The van der Waals surface area contributed by atoms with Crippen LogP contribution in [0.25, 0.3) is 0 Å². The number of rotatable bonds is 8. The molecule has 1 heterocycles. The molecule has 2 aromatic carbocycles. The van der Waals surface area contributed by atoms with Gasteiger partial charge in [-0.1, -0.05) is 12.1 Å². The number of nitrogens with one attached hydrogen (secondary N) is 1. The highest BCUT2D eigenvalue weighted by Gasteiger charge is 2.07. The van der Waals surface area contributed by atoms with Crippen LogP contribution in [0.4, 0.5) is 0 Å². The van der Waals surface area contributed by atoms with Gasteiger partial charge in [-0.15, -0.1) is 0 Å². The predicted molar refractivity (Wildman–Crippen MR) is 104 cm³/mol. The Morgan fingerprint density at radius 3 is 2.33 bits per heavy atom. The van der Waals surface area contributed by atoms with Crippen LogP contribution in [-0.4, -0.2) is 17.5 Å². The molecule has 27 heavy (non-hydrogen) atoms. The molecule has 0 aliphatic carbocycles. The Hall–Kier alpha value is -3.34. The molecule has 0 saturated carbocycles. The van der Waals surface area contributed by atoms with Gasteiger partial charge in [0.1, 0.15) is 18.1 Å². The zero-order valence-corrected chi connectivity index (χ0v) is 15.2. The smallest absolute Gasteiger partial charge is 0.251 e.